The largest absolute Gasteiger partial charge is 0.460 e. The smallest absolute Gasteiger partial charge is 0.338 e. The van der Waals surface area contributed by atoms with Crippen LogP contribution in [0, 0.1) is 19.8 Å². The van der Waals surface area contributed by atoms with E-state index in [4.69, 9.17) is 4.74 Å². The van der Waals surface area contributed by atoms with Crippen LogP contribution in [-0.4, -0.2) is 28.3 Å². The predicted molar refractivity (Wildman–Crippen MR) is 89.8 cm³/mol. The van der Waals surface area contributed by atoms with Gasteiger partial charge < -0.3 is 10.1 Å². The molecule has 0 saturated heterocycles. The number of nitrogens with zero attached hydrogens (tertiary/aromatic N) is 2. The maximum Gasteiger partial charge on any atom is 0.338 e. The second-order valence-corrected chi connectivity index (χ2v) is 6.13. The van der Waals surface area contributed by atoms with Gasteiger partial charge in [0.2, 0.25) is 5.91 Å². The molecule has 0 atom stereocenters. The molecule has 0 aliphatic heterocycles. The molecule has 1 aliphatic carbocycles. The van der Waals surface area contributed by atoms with Gasteiger partial charge in [0, 0.05) is 17.3 Å². The van der Waals surface area contributed by atoms with Crippen LogP contribution in [0.5, 0.6) is 0 Å². The first-order valence-electron chi connectivity index (χ1n) is 8.12. The maximum absolute atomic E-state index is 12.0. The van der Waals surface area contributed by atoms with E-state index < -0.39 is 0 Å². The zero-order chi connectivity index (χ0) is 17.1. The lowest BCUT2D eigenvalue weighted by Gasteiger charge is -2.08. The van der Waals surface area contributed by atoms with Gasteiger partial charge in [0.1, 0.15) is 6.61 Å². The number of anilines is 1. The Morgan fingerprint density at radius 2 is 1.96 bits per heavy atom. The number of hydrogen-bond donors (Lipinski definition) is 1. The number of carbonyl (C=O) groups is 2. The summed E-state index contributed by atoms with van der Waals surface area (Å²) >= 11 is 0. The van der Waals surface area contributed by atoms with Crippen LogP contribution in [-0.2, 0) is 16.1 Å². The number of benzene rings is 1. The molecule has 1 amide bonds. The number of nitrogens with one attached hydrogen (secondary N) is 1. The maximum atomic E-state index is 12.0. The summed E-state index contributed by atoms with van der Waals surface area (Å²) in [6.45, 7) is 4.69. The molecule has 1 aromatic carbocycles. The van der Waals surface area contributed by atoms with E-state index in [2.05, 4.69) is 10.4 Å². The van der Waals surface area contributed by atoms with Crippen molar-refractivity contribution in [1.29, 1.82) is 0 Å². The summed E-state index contributed by atoms with van der Waals surface area (Å²) in [7, 11) is 0. The molecule has 1 aliphatic rings. The average molecular weight is 327 g/mol. The van der Waals surface area contributed by atoms with E-state index in [1.807, 2.05) is 24.6 Å². The van der Waals surface area contributed by atoms with E-state index in [1.54, 1.807) is 24.3 Å². The monoisotopic (exact) mass is 327 g/mol. The van der Waals surface area contributed by atoms with Crippen molar-refractivity contribution < 1.29 is 14.3 Å². The van der Waals surface area contributed by atoms with E-state index in [0.29, 0.717) is 17.8 Å². The lowest BCUT2D eigenvalue weighted by Crippen LogP contribution is -2.14. The van der Waals surface area contributed by atoms with Crippen LogP contribution in [0.25, 0.3) is 0 Å². The second-order valence-electron chi connectivity index (χ2n) is 6.13. The van der Waals surface area contributed by atoms with Crippen LogP contribution >= 0.6 is 0 Å². The summed E-state index contributed by atoms with van der Waals surface area (Å²) in [4.78, 5) is 23.7. The Labute approximate surface area is 140 Å². The van der Waals surface area contributed by atoms with Crippen molar-refractivity contribution in [3.05, 3.63) is 47.3 Å². The Balaban J connectivity index is 1.49. The van der Waals surface area contributed by atoms with Crippen LogP contribution in [0.15, 0.2) is 30.3 Å². The quantitative estimate of drug-likeness (QED) is 0.828. The van der Waals surface area contributed by atoms with Gasteiger partial charge >= 0.3 is 5.97 Å². The number of carbonyl (C=O) groups excluding carboxylic acids is 2. The van der Waals surface area contributed by atoms with Crippen molar-refractivity contribution in [1.82, 2.24) is 9.78 Å². The zero-order valence-corrected chi connectivity index (χ0v) is 13.9. The molecule has 1 saturated carbocycles. The molecule has 2 aromatic rings. The van der Waals surface area contributed by atoms with E-state index >= 15 is 0 Å². The van der Waals surface area contributed by atoms with Gasteiger partial charge in [-0.15, -0.1) is 0 Å². The molecule has 1 heterocycles. The number of hydrogen-bond acceptors (Lipinski definition) is 4. The molecule has 1 N–H and O–H groups in total. The Morgan fingerprint density at radius 3 is 2.54 bits per heavy atom. The fourth-order valence-electron chi connectivity index (χ4n) is 2.49. The highest BCUT2D eigenvalue weighted by atomic mass is 16.5. The topological polar surface area (TPSA) is 73.2 Å². The molecule has 0 spiro atoms. The standard InChI is InChI=1S/C18H21N3O3/c1-12-11-13(2)21(20-12)9-10-24-18(23)15-5-7-16(8-6-15)19-17(22)14-3-4-14/h5-8,11,14H,3-4,9-10H2,1-2H3,(H,19,22). The fourth-order valence-corrected chi connectivity index (χ4v) is 2.49. The second kappa shape index (κ2) is 6.86. The summed E-state index contributed by atoms with van der Waals surface area (Å²) in [6.07, 6.45) is 1.93. The first kappa shape index (κ1) is 16.2. The third-order valence-corrected chi connectivity index (χ3v) is 3.98. The zero-order valence-electron chi connectivity index (χ0n) is 13.9. The summed E-state index contributed by atoms with van der Waals surface area (Å²) in [6, 6.07) is 8.74. The molecule has 24 heavy (non-hydrogen) atoms. The van der Waals surface area contributed by atoms with E-state index in [1.165, 1.54) is 0 Å². The average Bonchev–Trinajstić information content (AvgIpc) is 3.34. The molecule has 126 valence electrons. The summed E-state index contributed by atoms with van der Waals surface area (Å²) in [5.74, 6) is -0.171. The molecule has 0 bridgehead atoms. The van der Waals surface area contributed by atoms with Gasteiger partial charge in [0.15, 0.2) is 0 Å². The third kappa shape index (κ3) is 4.01. The number of aromatic nitrogens is 2. The molecule has 1 aromatic heterocycles. The number of aryl methyl sites for hydroxylation is 2. The van der Waals surface area contributed by atoms with Crippen LogP contribution in [0.1, 0.15) is 34.6 Å². The minimum atomic E-state index is -0.378. The van der Waals surface area contributed by atoms with Gasteiger partial charge in [-0.05, 0) is 57.0 Å². The van der Waals surface area contributed by atoms with Crippen LogP contribution < -0.4 is 5.32 Å². The highest BCUT2D eigenvalue weighted by molar-refractivity contribution is 5.95. The van der Waals surface area contributed by atoms with Crippen LogP contribution in [0.3, 0.4) is 0 Å². The summed E-state index contributed by atoms with van der Waals surface area (Å²) in [5, 5.41) is 7.16. The van der Waals surface area contributed by atoms with Crippen molar-refractivity contribution in [2.24, 2.45) is 5.92 Å². The summed E-state index contributed by atoms with van der Waals surface area (Å²) in [5.41, 5.74) is 3.15. The third-order valence-electron chi connectivity index (χ3n) is 3.98. The van der Waals surface area contributed by atoms with Crippen molar-refractivity contribution in [2.45, 2.75) is 33.2 Å². The van der Waals surface area contributed by atoms with Gasteiger partial charge in [-0.2, -0.15) is 5.10 Å². The van der Waals surface area contributed by atoms with Crippen LogP contribution in [0.4, 0.5) is 5.69 Å². The van der Waals surface area contributed by atoms with Crippen molar-refractivity contribution >= 4 is 17.6 Å². The first-order chi connectivity index (χ1) is 11.5. The molecule has 6 nitrogen and oxygen atoms in total. The highest BCUT2D eigenvalue weighted by Crippen LogP contribution is 2.30. The SMILES string of the molecule is Cc1cc(C)n(CCOC(=O)c2ccc(NC(=O)C3CC3)cc2)n1. The number of esters is 1. The minimum absolute atomic E-state index is 0.0511. The van der Waals surface area contributed by atoms with E-state index in [-0.39, 0.29) is 24.4 Å². The van der Waals surface area contributed by atoms with Crippen LogP contribution in [0.2, 0.25) is 0 Å². The van der Waals surface area contributed by atoms with Crippen molar-refractivity contribution in [3.8, 4) is 0 Å². The number of rotatable bonds is 6. The van der Waals surface area contributed by atoms with Gasteiger partial charge in [-0.1, -0.05) is 0 Å². The predicted octanol–water partition coefficient (Wildman–Crippen LogP) is 2.71. The van der Waals surface area contributed by atoms with Crippen molar-refractivity contribution in [2.75, 3.05) is 11.9 Å². The molecule has 6 heteroatoms. The molecule has 3 rings (SSSR count). The normalized spacial score (nSPS) is 13.6. The lowest BCUT2D eigenvalue weighted by atomic mass is 10.2. The van der Waals surface area contributed by atoms with Gasteiger partial charge in [0.05, 0.1) is 17.8 Å². The van der Waals surface area contributed by atoms with Gasteiger partial charge in [-0.25, -0.2) is 4.79 Å². The summed E-state index contributed by atoms with van der Waals surface area (Å²) < 4.78 is 7.10. The van der Waals surface area contributed by atoms with Gasteiger partial charge in [0.25, 0.3) is 0 Å². The van der Waals surface area contributed by atoms with Crippen molar-refractivity contribution in [3.63, 3.8) is 0 Å². The van der Waals surface area contributed by atoms with E-state index in [9.17, 15) is 9.59 Å². The molecule has 0 radical (unpaired) electrons. The number of amides is 1. The highest BCUT2D eigenvalue weighted by Gasteiger charge is 2.29. The minimum Gasteiger partial charge on any atom is -0.460 e. The lowest BCUT2D eigenvalue weighted by molar-refractivity contribution is -0.117. The molecular weight excluding hydrogens is 306 g/mol. The molecular formula is C18H21N3O3. The Bertz CT molecular complexity index is 745. The first-order valence-corrected chi connectivity index (χ1v) is 8.12. The Morgan fingerprint density at radius 1 is 1.25 bits per heavy atom. The molecule has 0 unspecified atom stereocenters. The Kier molecular flexibility index (Phi) is 4.64. The van der Waals surface area contributed by atoms with Gasteiger partial charge in [-0.3, -0.25) is 9.48 Å². The fraction of sp³-hybridized carbons (Fsp3) is 0.389. The Hall–Kier alpha value is -2.63. The number of ether oxygens (including phenoxy) is 1. The van der Waals surface area contributed by atoms with E-state index in [0.717, 1.165) is 24.2 Å². The molecule has 1 fully saturated rings.